The quantitative estimate of drug-likeness (QED) is 0.388. The molecular formula is C18H33IN6O. The average Bonchev–Trinajstić information content (AvgIpc) is 3.30. The maximum absolute atomic E-state index is 5.73. The lowest BCUT2D eigenvalue weighted by Crippen LogP contribution is -2.46. The van der Waals surface area contributed by atoms with Crippen LogP contribution in [0.5, 0.6) is 0 Å². The monoisotopic (exact) mass is 476 g/mol. The van der Waals surface area contributed by atoms with Crippen LogP contribution in [0.2, 0.25) is 0 Å². The van der Waals surface area contributed by atoms with Gasteiger partial charge in [-0.25, -0.2) is 0 Å². The first-order valence-corrected chi connectivity index (χ1v) is 9.77. The number of hydrogen-bond donors (Lipinski definition) is 1. The fourth-order valence-corrected chi connectivity index (χ4v) is 3.49. The Kier molecular flexibility index (Phi) is 9.10. The second-order valence-electron chi connectivity index (χ2n) is 7.19. The molecule has 0 bridgehead atoms. The Bertz CT molecular complexity index is 550. The van der Waals surface area contributed by atoms with E-state index in [0.717, 1.165) is 76.3 Å². The number of nitrogens with zero attached hydrogens (tertiary/aromatic N) is 5. The lowest BCUT2D eigenvalue weighted by atomic mass is 10.00. The molecule has 3 rings (SSSR count). The van der Waals surface area contributed by atoms with Gasteiger partial charge >= 0.3 is 0 Å². The highest BCUT2D eigenvalue weighted by Gasteiger charge is 2.20. The second kappa shape index (κ2) is 11.1. The number of aromatic nitrogens is 3. The van der Waals surface area contributed by atoms with Gasteiger partial charge in [-0.3, -0.25) is 4.99 Å². The van der Waals surface area contributed by atoms with E-state index in [-0.39, 0.29) is 24.0 Å². The highest BCUT2D eigenvalue weighted by molar-refractivity contribution is 14.0. The van der Waals surface area contributed by atoms with E-state index < -0.39 is 0 Å². The van der Waals surface area contributed by atoms with Crippen LogP contribution >= 0.6 is 24.0 Å². The first-order chi connectivity index (χ1) is 12.3. The molecule has 2 fully saturated rings. The number of nitrogens with one attached hydrogen (secondary N) is 1. The zero-order chi connectivity index (χ0) is 17.5. The zero-order valence-electron chi connectivity index (χ0n) is 16.1. The molecule has 1 N–H and O–H groups in total. The van der Waals surface area contributed by atoms with Crippen LogP contribution in [-0.4, -0.2) is 64.5 Å². The maximum atomic E-state index is 5.73. The van der Waals surface area contributed by atoms with Crippen molar-refractivity contribution in [3.8, 4) is 0 Å². The summed E-state index contributed by atoms with van der Waals surface area (Å²) in [5, 5.41) is 11.7. The molecule has 2 saturated heterocycles. The van der Waals surface area contributed by atoms with Crippen molar-refractivity contribution in [1.82, 2.24) is 25.0 Å². The number of aryl methyl sites for hydroxylation is 1. The highest BCUT2D eigenvalue weighted by atomic mass is 127. The average molecular weight is 476 g/mol. The molecule has 1 unspecified atom stereocenters. The normalized spacial score (nSPS) is 21.7. The molecule has 26 heavy (non-hydrogen) atoms. The smallest absolute Gasteiger partial charge is 0.194 e. The molecule has 1 aromatic rings. The van der Waals surface area contributed by atoms with Crippen LogP contribution in [0.15, 0.2) is 11.3 Å². The van der Waals surface area contributed by atoms with Crippen LogP contribution < -0.4 is 5.32 Å². The topological polar surface area (TPSA) is 67.6 Å². The van der Waals surface area contributed by atoms with E-state index in [1.807, 2.05) is 6.33 Å². The predicted molar refractivity (Wildman–Crippen MR) is 114 cm³/mol. The van der Waals surface area contributed by atoms with Gasteiger partial charge in [0.1, 0.15) is 12.2 Å². The van der Waals surface area contributed by atoms with Crippen molar-refractivity contribution in [2.24, 2.45) is 10.9 Å². The predicted octanol–water partition coefficient (Wildman–Crippen LogP) is 2.31. The third-order valence-electron chi connectivity index (χ3n) is 5.20. The first-order valence-electron chi connectivity index (χ1n) is 9.77. The molecule has 0 aliphatic carbocycles. The summed E-state index contributed by atoms with van der Waals surface area (Å²) in [5.41, 5.74) is 0. The van der Waals surface area contributed by atoms with Crippen molar-refractivity contribution in [1.29, 1.82) is 0 Å². The SMILES string of the molecule is CCc1nncn1CCNC(=NCC1CCCO1)N1CCC(C)CC1.I. The Hall–Kier alpha value is -0.900. The van der Waals surface area contributed by atoms with Crippen LogP contribution in [0.1, 0.15) is 45.4 Å². The Morgan fingerprint density at radius 3 is 2.85 bits per heavy atom. The summed E-state index contributed by atoms with van der Waals surface area (Å²) in [6.07, 6.45) is 7.80. The number of rotatable bonds is 6. The Balaban J connectivity index is 0.00000243. The van der Waals surface area contributed by atoms with E-state index in [0.29, 0.717) is 6.10 Å². The summed E-state index contributed by atoms with van der Waals surface area (Å²) in [4.78, 5) is 7.29. The third kappa shape index (κ3) is 6.07. The Morgan fingerprint density at radius 2 is 2.15 bits per heavy atom. The van der Waals surface area contributed by atoms with Crippen LogP contribution in [0.25, 0.3) is 0 Å². The van der Waals surface area contributed by atoms with E-state index in [2.05, 4.69) is 38.8 Å². The minimum atomic E-state index is 0. The van der Waals surface area contributed by atoms with E-state index >= 15 is 0 Å². The fraction of sp³-hybridized carbons (Fsp3) is 0.833. The minimum absolute atomic E-state index is 0. The van der Waals surface area contributed by atoms with Gasteiger partial charge in [0.15, 0.2) is 5.96 Å². The van der Waals surface area contributed by atoms with Crippen molar-refractivity contribution in [3.05, 3.63) is 12.2 Å². The van der Waals surface area contributed by atoms with Crippen molar-refractivity contribution >= 4 is 29.9 Å². The molecule has 8 heteroatoms. The van der Waals surface area contributed by atoms with Crippen LogP contribution in [0, 0.1) is 5.92 Å². The highest BCUT2D eigenvalue weighted by Crippen LogP contribution is 2.17. The van der Waals surface area contributed by atoms with E-state index in [4.69, 9.17) is 9.73 Å². The van der Waals surface area contributed by atoms with Crippen LogP contribution in [0.4, 0.5) is 0 Å². The number of guanidine groups is 1. The van der Waals surface area contributed by atoms with Gasteiger partial charge in [0.25, 0.3) is 0 Å². The number of halogens is 1. The summed E-state index contributed by atoms with van der Waals surface area (Å²) in [6.45, 7) is 9.97. The van der Waals surface area contributed by atoms with Crippen molar-refractivity contribution in [2.75, 3.05) is 32.8 Å². The number of ether oxygens (including phenoxy) is 1. The van der Waals surface area contributed by atoms with Gasteiger partial charge in [-0.2, -0.15) is 0 Å². The molecule has 2 aliphatic heterocycles. The van der Waals surface area contributed by atoms with Gasteiger partial charge in [0.2, 0.25) is 0 Å². The van der Waals surface area contributed by atoms with Crippen molar-refractivity contribution < 1.29 is 4.74 Å². The van der Waals surface area contributed by atoms with Crippen molar-refractivity contribution in [2.45, 2.75) is 58.6 Å². The summed E-state index contributed by atoms with van der Waals surface area (Å²) in [7, 11) is 0. The third-order valence-corrected chi connectivity index (χ3v) is 5.20. The standard InChI is InChI=1S/C18H32N6O.HI/c1-3-17-22-21-14-24(17)11-8-19-18(20-13-16-5-4-12-25-16)23-9-6-15(2)7-10-23;/h14-16H,3-13H2,1-2H3,(H,19,20);1H. The lowest BCUT2D eigenvalue weighted by Gasteiger charge is -2.33. The molecule has 0 aromatic carbocycles. The second-order valence-corrected chi connectivity index (χ2v) is 7.19. The molecule has 0 amide bonds. The van der Waals surface area contributed by atoms with E-state index in [1.54, 1.807) is 0 Å². The number of aliphatic imine (C=N–C) groups is 1. The molecule has 148 valence electrons. The molecule has 3 heterocycles. The summed E-state index contributed by atoms with van der Waals surface area (Å²) in [6, 6.07) is 0. The largest absolute Gasteiger partial charge is 0.376 e. The molecule has 0 saturated carbocycles. The first kappa shape index (κ1) is 21.4. The molecular weight excluding hydrogens is 443 g/mol. The zero-order valence-corrected chi connectivity index (χ0v) is 18.4. The molecule has 2 aliphatic rings. The number of piperidine rings is 1. The lowest BCUT2D eigenvalue weighted by molar-refractivity contribution is 0.117. The van der Waals surface area contributed by atoms with Gasteiger partial charge in [-0.05, 0) is 31.6 Å². The van der Waals surface area contributed by atoms with Crippen LogP contribution in [-0.2, 0) is 17.7 Å². The number of hydrogen-bond acceptors (Lipinski definition) is 4. The molecule has 0 spiro atoms. The number of likely N-dealkylation sites (tertiary alicyclic amines) is 1. The molecule has 1 aromatic heterocycles. The fourth-order valence-electron chi connectivity index (χ4n) is 3.49. The molecule has 0 radical (unpaired) electrons. The summed E-state index contributed by atoms with van der Waals surface area (Å²) >= 11 is 0. The van der Waals surface area contributed by atoms with Gasteiger partial charge in [0, 0.05) is 39.2 Å². The Labute approximate surface area is 174 Å². The molecule has 7 nitrogen and oxygen atoms in total. The van der Waals surface area contributed by atoms with E-state index in [9.17, 15) is 0 Å². The van der Waals surface area contributed by atoms with Gasteiger partial charge < -0.3 is 19.5 Å². The van der Waals surface area contributed by atoms with Crippen LogP contribution in [0.3, 0.4) is 0 Å². The minimum Gasteiger partial charge on any atom is -0.376 e. The maximum Gasteiger partial charge on any atom is 0.194 e. The van der Waals surface area contributed by atoms with Gasteiger partial charge in [-0.15, -0.1) is 34.2 Å². The Morgan fingerprint density at radius 1 is 1.35 bits per heavy atom. The van der Waals surface area contributed by atoms with Gasteiger partial charge in [-0.1, -0.05) is 13.8 Å². The molecule has 1 atom stereocenters. The van der Waals surface area contributed by atoms with Crippen molar-refractivity contribution in [3.63, 3.8) is 0 Å². The summed E-state index contributed by atoms with van der Waals surface area (Å²) in [5.74, 6) is 2.89. The van der Waals surface area contributed by atoms with E-state index in [1.165, 1.54) is 12.8 Å². The van der Waals surface area contributed by atoms with Gasteiger partial charge in [0.05, 0.1) is 12.6 Å². The summed E-state index contributed by atoms with van der Waals surface area (Å²) < 4.78 is 7.84.